The number of fused-ring (bicyclic) bond motifs is 4. The Kier molecular flexibility index (Phi) is 9.05. The maximum Gasteiger partial charge on any atom is 0.260 e. The summed E-state index contributed by atoms with van der Waals surface area (Å²) in [5.41, 5.74) is 4.84. The van der Waals surface area contributed by atoms with Gasteiger partial charge >= 0.3 is 0 Å². The van der Waals surface area contributed by atoms with Gasteiger partial charge in [0.1, 0.15) is 0 Å². The van der Waals surface area contributed by atoms with Crippen LogP contribution in [0, 0.1) is 11.8 Å². The Hall–Kier alpha value is -4.40. The molecule has 9 heteroatoms. The van der Waals surface area contributed by atoms with Crippen molar-refractivity contribution in [2.45, 2.75) is 64.8 Å². The van der Waals surface area contributed by atoms with Crippen molar-refractivity contribution in [1.82, 2.24) is 4.90 Å². The first kappa shape index (κ1) is 30.6. The van der Waals surface area contributed by atoms with Crippen LogP contribution < -0.4 is 18.9 Å². The van der Waals surface area contributed by atoms with Crippen LogP contribution in [0.25, 0.3) is 0 Å². The molecule has 3 heterocycles. The van der Waals surface area contributed by atoms with Crippen molar-refractivity contribution in [3.8, 4) is 23.0 Å². The maximum absolute atomic E-state index is 13.2. The van der Waals surface area contributed by atoms with E-state index in [2.05, 4.69) is 18.0 Å². The number of methoxy groups -OCH3 is 2. The van der Waals surface area contributed by atoms with Crippen molar-refractivity contribution < 1.29 is 28.5 Å². The molecule has 1 aliphatic carbocycles. The van der Waals surface area contributed by atoms with Crippen LogP contribution in [0.1, 0.15) is 79.5 Å². The van der Waals surface area contributed by atoms with E-state index in [9.17, 15) is 9.59 Å². The second-order valence-electron chi connectivity index (χ2n) is 12.3. The number of carbonyl (C=O) groups is 2. The van der Waals surface area contributed by atoms with Crippen molar-refractivity contribution in [3.05, 3.63) is 58.8 Å². The minimum atomic E-state index is -0.0838. The third kappa shape index (κ3) is 6.53. The van der Waals surface area contributed by atoms with Gasteiger partial charge in [-0.1, -0.05) is 17.2 Å². The van der Waals surface area contributed by atoms with Crippen molar-refractivity contribution in [1.29, 1.82) is 0 Å². The lowest BCUT2D eigenvalue weighted by atomic mass is 9.91. The summed E-state index contributed by atoms with van der Waals surface area (Å²) in [6.45, 7) is 5.15. The van der Waals surface area contributed by atoms with Crippen molar-refractivity contribution in [2.24, 2.45) is 21.8 Å². The molecule has 3 aliphatic heterocycles. The second kappa shape index (κ2) is 13.3. The van der Waals surface area contributed by atoms with Crippen molar-refractivity contribution >= 4 is 35.5 Å². The smallest absolute Gasteiger partial charge is 0.260 e. The van der Waals surface area contributed by atoms with Gasteiger partial charge in [0.15, 0.2) is 28.8 Å². The van der Waals surface area contributed by atoms with E-state index >= 15 is 0 Å². The minimum Gasteiger partial charge on any atom is -0.493 e. The van der Waals surface area contributed by atoms with Gasteiger partial charge in [0.2, 0.25) is 0 Å². The van der Waals surface area contributed by atoms with E-state index in [0.717, 1.165) is 44.1 Å². The summed E-state index contributed by atoms with van der Waals surface area (Å²) < 4.78 is 23.4. The van der Waals surface area contributed by atoms with Gasteiger partial charge in [0.05, 0.1) is 50.4 Å². The van der Waals surface area contributed by atoms with Gasteiger partial charge in [-0.05, 0) is 70.4 Å². The number of Topliss-reactive ketones (excluding diaryl/α,β-unsaturated/α-hetero) is 1. The molecule has 2 aromatic rings. The Morgan fingerprint density at radius 3 is 2.09 bits per heavy atom. The number of hydrogen-bond acceptors (Lipinski definition) is 8. The predicted molar refractivity (Wildman–Crippen MR) is 174 cm³/mol. The summed E-state index contributed by atoms with van der Waals surface area (Å²) in [7, 11) is 3.16. The Labute approximate surface area is 264 Å². The van der Waals surface area contributed by atoms with E-state index in [-0.39, 0.29) is 17.7 Å². The van der Waals surface area contributed by atoms with Gasteiger partial charge in [-0.3, -0.25) is 19.6 Å². The molecule has 236 valence electrons. The molecule has 3 atom stereocenters. The number of ketones is 1. The molecule has 1 amide bonds. The first-order valence-electron chi connectivity index (χ1n) is 15.8. The maximum atomic E-state index is 13.2. The molecule has 2 aromatic carbocycles. The predicted octanol–water partition coefficient (Wildman–Crippen LogP) is 7.43. The number of aliphatic imine (C=N–C) groups is 2. The number of unbranched alkanes of at least 4 members (excludes halogenated alkanes) is 2. The van der Waals surface area contributed by atoms with Crippen LogP contribution in [0.4, 0.5) is 11.4 Å². The number of benzene rings is 2. The number of amides is 1. The molecule has 45 heavy (non-hydrogen) atoms. The standard InChI is InChI=1S/C36H41N3O6/c1-22-12-24-8-9-31(40)27-15-32(42-3)34(17-29(27)37-19-25(24)13-22)44-10-6-5-7-11-45-35-18-30-28(16-33(35)43-4)36(41)39-21-23(2)14-26(39)20-38-30/h12,15-21,24-26H,5-11,13-14H2,1-4H3/t24?,25-,26-/m0/s1. The first-order valence-corrected chi connectivity index (χ1v) is 15.8. The van der Waals surface area contributed by atoms with Gasteiger partial charge in [-0.15, -0.1) is 0 Å². The van der Waals surface area contributed by atoms with Crippen molar-refractivity contribution in [2.75, 3.05) is 27.4 Å². The molecular formula is C36H41N3O6. The fraction of sp³-hybridized carbons (Fsp3) is 0.444. The molecule has 0 bridgehead atoms. The van der Waals surface area contributed by atoms with E-state index in [1.807, 2.05) is 31.6 Å². The van der Waals surface area contributed by atoms with Gasteiger partial charge in [0.25, 0.3) is 5.91 Å². The van der Waals surface area contributed by atoms with Crippen LogP contribution in [0.2, 0.25) is 0 Å². The highest BCUT2D eigenvalue weighted by Gasteiger charge is 2.32. The van der Waals surface area contributed by atoms with Crippen LogP contribution in [-0.2, 0) is 0 Å². The number of rotatable bonds is 10. The van der Waals surface area contributed by atoms with Crippen molar-refractivity contribution in [3.63, 3.8) is 0 Å². The first-order chi connectivity index (χ1) is 21.8. The molecule has 0 saturated carbocycles. The largest absolute Gasteiger partial charge is 0.493 e. The fourth-order valence-corrected chi connectivity index (χ4v) is 6.60. The number of carbonyl (C=O) groups excluding carboxylic acids is 2. The average molecular weight is 612 g/mol. The molecule has 0 radical (unpaired) electrons. The van der Waals surface area contributed by atoms with Gasteiger partial charge in [0, 0.05) is 48.7 Å². The summed E-state index contributed by atoms with van der Waals surface area (Å²) in [6, 6.07) is 7.06. The molecular weight excluding hydrogens is 570 g/mol. The highest BCUT2D eigenvalue weighted by Crippen LogP contribution is 2.41. The zero-order chi connectivity index (χ0) is 31.5. The molecule has 6 rings (SSSR count). The Balaban J connectivity index is 1.03. The normalized spacial score (nSPS) is 21.8. The van der Waals surface area contributed by atoms with E-state index < -0.39 is 0 Å². The summed E-state index contributed by atoms with van der Waals surface area (Å²) in [4.78, 5) is 37.4. The third-order valence-electron chi connectivity index (χ3n) is 8.98. The van der Waals surface area contributed by atoms with Crippen LogP contribution in [0.15, 0.2) is 57.7 Å². The molecule has 0 spiro atoms. The van der Waals surface area contributed by atoms with Crippen LogP contribution in [-0.4, -0.2) is 62.5 Å². The Morgan fingerprint density at radius 2 is 1.40 bits per heavy atom. The van der Waals surface area contributed by atoms with E-state index in [0.29, 0.717) is 77.0 Å². The monoisotopic (exact) mass is 611 g/mol. The molecule has 0 aromatic heterocycles. The minimum absolute atomic E-state index is 0.0564. The molecule has 0 fully saturated rings. The fourth-order valence-electron chi connectivity index (χ4n) is 6.60. The third-order valence-corrected chi connectivity index (χ3v) is 8.98. The SMILES string of the molecule is COc1cc2c(cc1OCCCCCOc1cc3c(cc1OC)C(=O)N1C=C(C)C[C@H]1C=N3)N=C[C@@H]1CC(C)=CC1CCC2=O. The molecule has 4 aliphatic rings. The summed E-state index contributed by atoms with van der Waals surface area (Å²) >= 11 is 0. The molecule has 9 nitrogen and oxygen atoms in total. The van der Waals surface area contributed by atoms with E-state index in [1.165, 1.54) is 5.57 Å². The van der Waals surface area contributed by atoms with Crippen LogP contribution in [0.3, 0.4) is 0 Å². The van der Waals surface area contributed by atoms with Gasteiger partial charge < -0.3 is 23.8 Å². The quantitative estimate of drug-likeness (QED) is 0.205. The average Bonchev–Trinajstić information content (AvgIpc) is 3.58. The highest BCUT2D eigenvalue weighted by atomic mass is 16.5. The number of ether oxygens (including phenoxy) is 4. The Bertz CT molecular complexity index is 1610. The van der Waals surface area contributed by atoms with Gasteiger partial charge in [-0.25, -0.2) is 0 Å². The lowest BCUT2D eigenvalue weighted by molar-refractivity contribution is 0.0817. The lowest BCUT2D eigenvalue weighted by Crippen LogP contribution is -2.32. The topological polar surface area (TPSA) is 99.0 Å². The lowest BCUT2D eigenvalue weighted by Gasteiger charge is -2.19. The summed E-state index contributed by atoms with van der Waals surface area (Å²) in [5.74, 6) is 2.90. The number of allylic oxidation sites excluding steroid dienone is 2. The highest BCUT2D eigenvalue weighted by molar-refractivity contribution is 6.04. The number of nitrogens with zero attached hydrogens (tertiary/aromatic N) is 3. The van der Waals surface area contributed by atoms with Crippen LogP contribution in [0.5, 0.6) is 23.0 Å². The van der Waals surface area contributed by atoms with E-state index in [4.69, 9.17) is 23.9 Å². The zero-order valence-electron chi connectivity index (χ0n) is 26.5. The zero-order valence-corrected chi connectivity index (χ0v) is 26.5. The number of hydrogen-bond donors (Lipinski definition) is 0. The van der Waals surface area contributed by atoms with Gasteiger partial charge in [-0.2, -0.15) is 0 Å². The van der Waals surface area contributed by atoms with E-state index in [1.54, 1.807) is 37.3 Å². The summed E-state index contributed by atoms with van der Waals surface area (Å²) in [6.07, 6.45) is 13.6. The second-order valence-corrected chi connectivity index (χ2v) is 12.3. The molecule has 0 saturated heterocycles. The summed E-state index contributed by atoms with van der Waals surface area (Å²) in [5, 5.41) is 0. The molecule has 0 N–H and O–H groups in total. The Morgan fingerprint density at radius 1 is 0.756 bits per heavy atom. The molecule has 1 unspecified atom stereocenters. The van der Waals surface area contributed by atoms with Crippen LogP contribution >= 0.6 is 0 Å².